The number of alkyl carbamates (subject to hydrolysis) is 1. The molecule has 0 fully saturated rings. The molecule has 184 valence electrons. The Labute approximate surface area is 207 Å². The van der Waals surface area contributed by atoms with Crippen molar-refractivity contribution in [2.75, 3.05) is 0 Å². The van der Waals surface area contributed by atoms with Crippen LogP contribution < -0.4 is 10.1 Å². The first kappa shape index (κ1) is 25.8. The second-order valence-corrected chi connectivity index (χ2v) is 9.35. The Bertz CT molecular complexity index is 1110. The standard InChI is InChI=1S/C29H33NO5/c1-20(30-28(32)35-29(3,4)5)27(31)33-21(2)26(34-25-17-10-7-11-18-25)24-16-12-15-23(19-24)22-13-8-6-9-14-22/h6-21,26H,1-5H3,(H,30,32)/t20-,21-,26-/m0/s1. The van der Waals surface area contributed by atoms with Gasteiger partial charge in [0.25, 0.3) is 0 Å². The smallest absolute Gasteiger partial charge is 0.408 e. The summed E-state index contributed by atoms with van der Waals surface area (Å²) in [6.07, 6.45) is -1.89. The van der Waals surface area contributed by atoms with Crippen LogP contribution in [-0.4, -0.2) is 29.8 Å². The fraction of sp³-hybridized carbons (Fsp3) is 0.310. The number of nitrogens with one attached hydrogen (secondary N) is 1. The number of rotatable bonds is 8. The first-order valence-corrected chi connectivity index (χ1v) is 11.7. The number of hydrogen-bond acceptors (Lipinski definition) is 5. The van der Waals surface area contributed by atoms with E-state index in [9.17, 15) is 9.59 Å². The molecule has 6 heteroatoms. The number of carbonyl (C=O) groups excluding carboxylic acids is 2. The molecule has 3 aromatic carbocycles. The van der Waals surface area contributed by atoms with E-state index in [-0.39, 0.29) is 0 Å². The van der Waals surface area contributed by atoms with Crippen molar-refractivity contribution in [2.24, 2.45) is 0 Å². The summed E-state index contributed by atoms with van der Waals surface area (Å²) in [7, 11) is 0. The molecule has 0 aliphatic rings. The molecular weight excluding hydrogens is 442 g/mol. The quantitative estimate of drug-likeness (QED) is 0.386. The molecule has 0 bridgehead atoms. The van der Waals surface area contributed by atoms with Crippen molar-refractivity contribution in [3.63, 3.8) is 0 Å². The average molecular weight is 476 g/mol. The minimum Gasteiger partial charge on any atom is -0.482 e. The zero-order valence-corrected chi connectivity index (χ0v) is 20.9. The highest BCUT2D eigenvalue weighted by molar-refractivity contribution is 5.81. The lowest BCUT2D eigenvalue weighted by Gasteiger charge is -2.27. The molecule has 0 saturated heterocycles. The van der Waals surface area contributed by atoms with E-state index in [2.05, 4.69) is 5.32 Å². The van der Waals surface area contributed by atoms with Gasteiger partial charge in [-0.15, -0.1) is 0 Å². The fourth-order valence-corrected chi connectivity index (χ4v) is 3.50. The molecule has 3 rings (SSSR count). The van der Waals surface area contributed by atoms with E-state index in [1.54, 1.807) is 34.6 Å². The minimum atomic E-state index is -0.889. The van der Waals surface area contributed by atoms with E-state index in [1.165, 1.54) is 0 Å². The molecule has 3 aromatic rings. The van der Waals surface area contributed by atoms with Gasteiger partial charge < -0.3 is 19.5 Å². The van der Waals surface area contributed by atoms with Gasteiger partial charge in [-0.3, -0.25) is 0 Å². The number of carbonyl (C=O) groups is 2. The van der Waals surface area contributed by atoms with E-state index in [4.69, 9.17) is 14.2 Å². The van der Waals surface area contributed by atoms with Crippen LogP contribution in [0.2, 0.25) is 0 Å². The molecule has 3 atom stereocenters. The summed E-state index contributed by atoms with van der Waals surface area (Å²) in [5.41, 5.74) is 2.30. The van der Waals surface area contributed by atoms with E-state index in [1.807, 2.05) is 84.9 Å². The van der Waals surface area contributed by atoms with Gasteiger partial charge in [-0.05, 0) is 69.5 Å². The van der Waals surface area contributed by atoms with Gasteiger partial charge in [0.1, 0.15) is 23.5 Å². The number of benzene rings is 3. The Morgan fingerprint density at radius 1 is 0.800 bits per heavy atom. The molecule has 0 radical (unpaired) electrons. The molecule has 35 heavy (non-hydrogen) atoms. The van der Waals surface area contributed by atoms with Gasteiger partial charge in [-0.1, -0.05) is 66.7 Å². The van der Waals surface area contributed by atoms with E-state index in [0.717, 1.165) is 16.7 Å². The molecule has 0 aliphatic carbocycles. The topological polar surface area (TPSA) is 73.9 Å². The van der Waals surface area contributed by atoms with Crippen LogP contribution in [0.1, 0.15) is 46.3 Å². The highest BCUT2D eigenvalue weighted by atomic mass is 16.6. The van der Waals surface area contributed by atoms with Gasteiger partial charge in [-0.2, -0.15) is 0 Å². The van der Waals surface area contributed by atoms with Crippen molar-refractivity contribution >= 4 is 12.1 Å². The molecule has 0 aromatic heterocycles. The lowest BCUT2D eigenvalue weighted by Crippen LogP contribution is -2.43. The van der Waals surface area contributed by atoms with Crippen molar-refractivity contribution in [2.45, 2.75) is 58.5 Å². The Hall–Kier alpha value is -3.80. The molecule has 1 amide bonds. The Morgan fingerprint density at radius 3 is 2.03 bits per heavy atom. The summed E-state index contributed by atoms with van der Waals surface area (Å²) in [5.74, 6) is 0.0784. The third-order valence-electron chi connectivity index (χ3n) is 5.14. The molecule has 0 heterocycles. The lowest BCUT2D eigenvalue weighted by molar-refractivity contribution is -0.155. The van der Waals surface area contributed by atoms with Crippen LogP contribution in [0.4, 0.5) is 4.79 Å². The Morgan fingerprint density at radius 2 is 1.40 bits per heavy atom. The van der Waals surface area contributed by atoms with Crippen LogP contribution in [0.5, 0.6) is 5.75 Å². The van der Waals surface area contributed by atoms with Crippen LogP contribution in [0.15, 0.2) is 84.9 Å². The van der Waals surface area contributed by atoms with E-state index in [0.29, 0.717) is 5.75 Å². The van der Waals surface area contributed by atoms with Crippen LogP contribution in [-0.2, 0) is 14.3 Å². The molecule has 0 saturated carbocycles. The molecular formula is C29H33NO5. The summed E-state index contributed by atoms with van der Waals surface area (Å²) >= 11 is 0. The van der Waals surface area contributed by atoms with Crippen molar-refractivity contribution in [1.29, 1.82) is 0 Å². The normalized spacial score (nSPS) is 13.7. The molecule has 0 aliphatic heterocycles. The summed E-state index contributed by atoms with van der Waals surface area (Å²) in [6, 6.07) is 26.5. The zero-order chi connectivity index (χ0) is 25.4. The third kappa shape index (κ3) is 7.88. The van der Waals surface area contributed by atoms with E-state index >= 15 is 0 Å². The second-order valence-electron chi connectivity index (χ2n) is 9.35. The first-order valence-electron chi connectivity index (χ1n) is 11.7. The SMILES string of the molecule is C[C@H](NC(=O)OC(C)(C)C)C(=O)O[C@@H](C)[C@H](Oc1ccccc1)c1cccc(-c2ccccc2)c1. The van der Waals surface area contributed by atoms with Crippen LogP contribution in [0.25, 0.3) is 11.1 Å². The van der Waals surface area contributed by atoms with E-state index < -0.39 is 35.9 Å². The van der Waals surface area contributed by atoms with Gasteiger partial charge in [-0.25, -0.2) is 9.59 Å². The van der Waals surface area contributed by atoms with Gasteiger partial charge in [0.2, 0.25) is 0 Å². The first-order chi connectivity index (χ1) is 16.6. The monoisotopic (exact) mass is 475 g/mol. The maximum Gasteiger partial charge on any atom is 0.408 e. The van der Waals surface area contributed by atoms with Crippen molar-refractivity contribution in [1.82, 2.24) is 5.32 Å². The molecule has 0 spiro atoms. The van der Waals surface area contributed by atoms with Gasteiger partial charge in [0.15, 0.2) is 6.10 Å². The largest absolute Gasteiger partial charge is 0.482 e. The molecule has 6 nitrogen and oxygen atoms in total. The van der Waals surface area contributed by atoms with Gasteiger partial charge >= 0.3 is 12.1 Å². The summed E-state index contributed by atoms with van der Waals surface area (Å²) < 4.78 is 17.3. The molecule has 0 unspecified atom stereocenters. The summed E-state index contributed by atoms with van der Waals surface area (Å²) in [6.45, 7) is 8.61. The predicted molar refractivity (Wildman–Crippen MR) is 136 cm³/mol. The lowest BCUT2D eigenvalue weighted by atomic mass is 9.98. The summed E-state index contributed by atoms with van der Waals surface area (Å²) in [4.78, 5) is 24.8. The highest BCUT2D eigenvalue weighted by Gasteiger charge is 2.29. The number of hydrogen-bond donors (Lipinski definition) is 1. The average Bonchev–Trinajstić information content (AvgIpc) is 2.82. The third-order valence-corrected chi connectivity index (χ3v) is 5.14. The predicted octanol–water partition coefficient (Wildman–Crippen LogP) is 6.32. The number of esters is 1. The minimum absolute atomic E-state index is 0.571. The van der Waals surface area contributed by atoms with Crippen LogP contribution in [0, 0.1) is 0 Å². The Kier molecular flexibility index (Phi) is 8.53. The second kappa shape index (κ2) is 11.6. The number of para-hydroxylation sites is 1. The highest BCUT2D eigenvalue weighted by Crippen LogP contribution is 2.30. The van der Waals surface area contributed by atoms with Crippen molar-refractivity contribution in [3.8, 4) is 16.9 Å². The van der Waals surface area contributed by atoms with Gasteiger partial charge in [0, 0.05) is 0 Å². The van der Waals surface area contributed by atoms with Gasteiger partial charge in [0.05, 0.1) is 0 Å². The van der Waals surface area contributed by atoms with Crippen molar-refractivity contribution in [3.05, 3.63) is 90.5 Å². The van der Waals surface area contributed by atoms with Crippen molar-refractivity contribution < 1.29 is 23.8 Å². The molecule has 1 N–H and O–H groups in total. The zero-order valence-electron chi connectivity index (χ0n) is 20.9. The van der Waals surface area contributed by atoms with Crippen LogP contribution >= 0.6 is 0 Å². The maximum atomic E-state index is 12.8. The Balaban J connectivity index is 1.79. The maximum absolute atomic E-state index is 12.8. The number of amides is 1. The van der Waals surface area contributed by atoms with Crippen LogP contribution in [0.3, 0.4) is 0 Å². The fourth-order valence-electron chi connectivity index (χ4n) is 3.50. The summed E-state index contributed by atoms with van der Waals surface area (Å²) in [5, 5.41) is 2.52. The number of ether oxygens (including phenoxy) is 3.